The number of rotatable bonds is 6. The first-order valence-corrected chi connectivity index (χ1v) is 9.20. The second-order valence-corrected chi connectivity index (χ2v) is 7.09. The number of aryl methyl sites for hydroxylation is 2. The molecule has 0 saturated heterocycles. The molecule has 0 aliphatic heterocycles. The average molecular weight is 350 g/mol. The molecule has 128 valence electrons. The standard InChI is InChI=1S/C21H22N2OS/c1-15-10-11-18(16(2)13-15)23-20(24)14-22-21(19-9-6-12-25-19)17-7-4-3-5-8-17/h3-13,21-22H,14H2,1-2H3,(H,23,24)/t21-/m1/s1. The number of carbonyl (C=O) groups excluding carboxylic acids is 1. The number of thiophene rings is 1. The molecule has 3 aromatic rings. The Morgan fingerprint density at radius 1 is 1.04 bits per heavy atom. The Bertz CT molecular complexity index is 828. The monoisotopic (exact) mass is 350 g/mol. The van der Waals surface area contributed by atoms with Crippen LogP contribution in [0.4, 0.5) is 5.69 Å². The van der Waals surface area contributed by atoms with Crippen molar-refractivity contribution in [1.82, 2.24) is 5.32 Å². The molecule has 1 amide bonds. The van der Waals surface area contributed by atoms with Gasteiger partial charge >= 0.3 is 0 Å². The zero-order valence-electron chi connectivity index (χ0n) is 14.5. The highest BCUT2D eigenvalue weighted by Crippen LogP contribution is 2.25. The molecule has 3 rings (SSSR count). The Morgan fingerprint density at radius 3 is 2.52 bits per heavy atom. The normalized spacial score (nSPS) is 11.9. The highest BCUT2D eigenvalue weighted by molar-refractivity contribution is 7.10. The number of benzene rings is 2. The third-order valence-electron chi connectivity index (χ3n) is 4.08. The van der Waals surface area contributed by atoms with Crippen LogP contribution in [0.5, 0.6) is 0 Å². The number of hydrogen-bond donors (Lipinski definition) is 2. The van der Waals surface area contributed by atoms with Crippen molar-refractivity contribution in [3.63, 3.8) is 0 Å². The molecule has 25 heavy (non-hydrogen) atoms. The first kappa shape index (κ1) is 17.4. The van der Waals surface area contributed by atoms with Gasteiger partial charge in [0, 0.05) is 10.6 Å². The van der Waals surface area contributed by atoms with Crippen LogP contribution < -0.4 is 10.6 Å². The fourth-order valence-corrected chi connectivity index (χ4v) is 3.65. The van der Waals surface area contributed by atoms with Gasteiger partial charge in [-0.2, -0.15) is 0 Å². The van der Waals surface area contributed by atoms with Crippen LogP contribution in [0, 0.1) is 13.8 Å². The van der Waals surface area contributed by atoms with E-state index in [1.165, 1.54) is 10.4 Å². The third kappa shape index (κ3) is 4.56. The van der Waals surface area contributed by atoms with Gasteiger partial charge in [0.25, 0.3) is 0 Å². The first-order chi connectivity index (χ1) is 12.1. The summed E-state index contributed by atoms with van der Waals surface area (Å²) >= 11 is 1.69. The van der Waals surface area contributed by atoms with Gasteiger partial charge in [-0.25, -0.2) is 0 Å². The van der Waals surface area contributed by atoms with E-state index in [0.29, 0.717) is 0 Å². The lowest BCUT2D eigenvalue weighted by molar-refractivity contribution is -0.115. The topological polar surface area (TPSA) is 41.1 Å². The molecule has 4 heteroatoms. The predicted octanol–water partition coefficient (Wildman–Crippen LogP) is 4.68. The summed E-state index contributed by atoms with van der Waals surface area (Å²) in [5.74, 6) is -0.0376. The van der Waals surface area contributed by atoms with Crippen LogP contribution in [-0.2, 0) is 4.79 Å². The minimum atomic E-state index is -0.0376. The van der Waals surface area contributed by atoms with Crippen LogP contribution in [0.3, 0.4) is 0 Å². The lowest BCUT2D eigenvalue weighted by Crippen LogP contribution is -2.31. The predicted molar refractivity (Wildman–Crippen MR) is 105 cm³/mol. The molecule has 0 aliphatic carbocycles. The Morgan fingerprint density at radius 2 is 1.84 bits per heavy atom. The fourth-order valence-electron chi connectivity index (χ4n) is 2.83. The van der Waals surface area contributed by atoms with Gasteiger partial charge in [-0.05, 0) is 42.5 Å². The molecule has 0 radical (unpaired) electrons. The van der Waals surface area contributed by atoms with E-state index < -0.39 is 0 Å². The quantitative estimate of drug-likeness (QED) is 0.677. The highest BCUT2D eigenvalue weighted by Gasteiger charge is 2.16. The molecule has 0 fully saturated rings. The van der Waals surface area contributed by atoms with Crippen molar-refractivity contribution in [1.29, 1.82) is 0 Å². The molecule has 3 nitrogen and oxygen atoms in total. The maximum Gasteiger partial charge on any atom is 0.238 e. The zero-order valence-corrected chi connectivity index (χ0v) is 15.3. The van der Waals surface area contributed by atoms with E-state index in [4.69, 9.17) is 0 Å². The van der Waals surface area contributed by atoms with Gasteiger partial charge in [0.2, 0.25) is 5.91 Å². The number of hydrogen-bond acceptors (Lipinski definition) is 3. The minimum absolute atomic E-state index is 0.0195. The molecule has 0 aliphatic rings. The number of nitrogens with one attached hydrogen (secondary N) is 2. The van der Waals surface area contributed by atoms with E-state index in [-0.39, 0.29) is 18.5 Å². The van der Waals surface area contributed by atoms with Gasteiger partial charge in [-0.3, -0.25) is 10.1 Å². The van der Waals surface area contributed by atoms with Gasteiger partial charge in [0.15, 0.2) is 0 Å². The van der Waals surface area contributed by atoms with E-state index in [9.17, 15) is 4.79 Å². The molecule has 2 aromatic carbocycles. The molecule has 0 spiro atoms. The van der Waals surface area contributed by atoms with Crippen molar-refractivity contribution >= 4 is 22.9 Å². The summed E-state index contributed by atoms with van der Waals surface area (Å²) in [7, 11) is 0. The Kier molecular flexibility index (Phi) is 5.64. The molecule has 1 atom stereocenters. The smallest absolute Gasteiger partial charge is 0.238 e. The maximum atomic E-state index is 12.4. The lowest BCUT2D eigenvalue weighted by atomic mass is 10.1. The van der Waals surface area contributed by atoms with E-state index in [1.54, 1.807) is 11.3 Å². The third-order valence-corrected chi connectivity index (χ3v) is 5.02. The van der Waals surface area contributed by atoms with Crippen molar-refractivity contribution < 1.29 is 4.79 Å². The van der Waals surface area contributed by atoms with Crippen molar-refractivity contribution in [2.75, 3.05) is 11.9 Å². The zero-order chi connectivity index (χ0) is 17.6. The van der Waals surface area contributed by atoms with Crippen molar-refractivity contribution in [2.24, 2.45) is 0 Å². The Hall–Kier alpha value is -2.43. The SMILES string of the molecule is Cc1ccc(NC(=O)CN[C@H](c2ccccc2)c2cccs2)c(C)c1. The van der Waals surface area contributed by atoms with Crippen LogP contribution in [-0.4, -0.2) is 12.5 Å². The summed E-state index contributed by atoms with van der Waals surface area (Å²) in [4.78, 5) is 13.6. The second kappa shape index (κ2) is 8.10. The van der Waals surface area contributed by atoms with Crippen LogP contribution in [0.25, 0.3) is 0 Å². The van der Waals surface area contributed by atoms with Gasteiger partial charge in [0.1, 0.15) is 0 Å². The van der Waals surface area contributed by atoms with Crippen molar-refractivity contribution in [3.05, 3.63) is 87.6 Å². The van der Waals surface area contributed by atoms with E-state index in [1.807, 2.05) is 50.2 Å². The molecule has 1 heterocycles. The summed E-state index contributed by atoms with van der Waals surface area (Å²) in [6.45, 7) is 4.31. The fraction of sp³-hybridized carbons (Fsp3) is 0.190. The molecule has 0 bridgehead atoms. The molecule has 0 saturated carbocycles. The molecular formula is C21H22N2OS. The van der Waals surface area contributed by atoms with Gasteiger partial charge in [-0.1, -0.05) is 54.1 Å². The summed E-state index contributed by atoms with van der Waals surface area (Å²) in [6, 6.07) is 20.4. The van der Waals surface area contributed by atoms with Gasteiger partial charge in [0.05, 0.1) is 12.6 Å². The second-order valence-electron chi connectivity index (χ2n) is 6.11. The molecule has 2 N–H and O–H groups in total. The largest absolute Gasteiger partial charge is 0.325 e. The lowest BCUT2D eigenvalue weighted by Gasteiger charge is -2.18. The highest BCUT2D eigenvalue weighted by atomic mass is 32.1. The van der Waals surface area contributed by atoms with Crippen LogP contribution in [0.15, 0.2) is 66.0 Å². The molecule has 1 aromatic heterocycles. The number of anilines is 1. The van der Waals surface area contributed by atoms with Crippen molar-refractivity contribution in [2.45, 2.75) is 19.9 Å². The van der Waals surface area contributed by atoms with E-state index >= 15 is 0 Å². The number of amides is 1. The first-order valence-electron chi connectivity index (χ1n) is 8.32. The van der Waals surface area contributed by atoms with E-state index in [2.05, 4.69) is 40.3 Å². The summed E-state index contributed by atoms with van der Waals surface area (Å²) in [6.07, 6.45) is 0. The summed E-state index contributed by atoms with van der Waals surface area (Å²) < 4.78 is 0. The Labute approximate surface area is 152 Å². The summed E-state index contributed by atoms with van der Waals surface area (Å²) in [5, 5.41) is 8.44. The van der Waals surface area contributed by atoms with Gasteiger partial charge in [-0.15, -0.1) is 11.3 Å². The van der Waals surface area contributed by atoms with Crippen LogP contribution in [0.1, 0.15) is 27.6 Å². The van der Waals surface area contributed by atoms with Crippen LogP contribution >= 0.6 is 11.3 Å². The average Bonchev–Trinajstić information content (AvgIpc) is 3.13. The number of carbonyl (C=O) groups is 1. The minimum Gasteiger partial charge on any atom is -0.325 e. The van der Waals surface area contributed by atoms with Crippen LogP contribution in [0.2, 0.25) is 0 Å². The summed E-state index contributed by atoms with van der Waals surface area (Å²) in [5.41, 5.74) is 4.29. The molecule has 0 unspecified atom stereocenters. The Balaban J connectivity index is 1.68. The maximum absolute atomic E-state index is 12.4. The van der Waals surface area contributed by atoms with Crippen molar-refractivity contribution in [3.8, 4) is 0 Å². The van der Waals surface area contributed by atoms with Gasteiger partial charge < -0.3 is 5.32 Å². The van der Waals surface area contributed by atoms with E-state index in [0.717, 1.165) is 16.8 Å². The molecular weight excluding hydrogens is 328 g/mol.